The lowest BCUT2D eigenvalue weighted by Crippen LogP contribution is -2.31. The van der Waals surface area contributed by atoms with E-state index in [1.807, 2.05) is 10.3 Å². The number of benzene rings is 2. The molecule has 1 amide bonds. The van der Waals surface area contributed by atoms with Crippen molar-refractivity contribution in [3.63, 3.8) is 0 Å². The summed E-state index contributed by atoms with van der Waals surface area (Å²) in [5.41, 5.74) is 4.22. The van der Waals surface area contributed by atoms with E-state index in [1.54, 1.807) is 11.5 Å². The van der Waals surface area contributed by atoms with Crippen LogP contribution >= 0.6 is 22.9 Å². The van der Waals surface area contributed by atoms with Gasteiger partial charge in [-0.2, -0.15) is 13.2 Å². The smallest absolute Gasteiger partial charge is 0.343 e. The molecule has 0 aliphatic carbocycles. The normalized spacial score (nSPS) is 13.8. The maximum Gasteiger partial charge on any atom is 0.416 e. The minimum Gasteiger partial charge on any atom is -0.343 e. The lowest BCUT2D eigenvalue weighted by atomic mass is 9.97. The summed E-state index contributed by atoms with van der Waals surface area (Å²) in [7, 11) is 0. The summed E-state index contributed by atoms with van der Waals surface area (Å²) < 4.78 is 38.2. The predicted octanol–water partition coefficient (Wildman–Crippen LogP) is 5.16. The van der Waals surface area contributed by atoms with Crippen LogP contribution in [0.25, 0.3) is 11.3 Å². The third-order valence-corrected chi connectivity index (χ3v) is 6.16. The number of rotatable bonds is 3. The van der Waals surface area contributed by atoms with Gasteiger partial charge >= 0.3 is 6.18 Å². The lowest BCUT2D eigenvalue weighted by Gasteiger charge is -2.29. The summed E-state index contributed by atoms with van der Waals surface area (Å²) in [6, 6.07) is 8.14. The van der Waals surface area contributed by atoms with E-state index >= 15 is 0 Å². The molecule has 0 bridgehead atoms. The van der Waals surface area contributed by atoms with Gasteiger partial charge in [0, 0.05) is 34.6 Å². The quantitative estimate of drug-likeness (QED) is 0.424. The number of fused-ring (bicyclic) bond motifs is 1. The average molecular weight is 454 g/mol. The number of aromatic nitrogens is 1. The molecular weight excluding hydrogens is 439 g/mol. The van der Waals surface area contributed by atoms with Crippen molar-refractivity contribution in [1.82, 2.24) is 10.5 Å². The van der Waals surface area contributed by atoms with Gasteiger partial charge in [0.05, 0.1) is 11.3 Å². The third-order valence-electron chi connectivity index (χ3n) is 4.92. The third kappa shape index (κ3) is 4.00. The number of alkyl halides is 3. The summed E-state index contributed by atoms with van der Waals surface area (Å²) >= 11 is 7.76. The molecule has 0 saturated carbocycles. The maximum absolute atomic E-state index is 12.7. The monoisotopic (exact) mass is 453 g/mol. The fourth-order valence-corrected chi connectivity index (χ4v) is 4.51. The Morgan fingerprint density at radius 1 is 1.23 bits per heavy atom. The zero-order valence-corrected chi connectivity index (χ0v) is 16.9. The van der Waals surface area contributed by atoms with Gasteiger partial charge < -0.3 is 4.90 Å². The molecule has 2 N–H and O–H groups in total. The van der Waals surface area contributed by atoms with Gasteiger partial charge in [0.25, 0.3) is 5.91 Å². The number of halogens is 4. The van der Waals surface area contributed by atoms with Crippen molar-refractivity contribution in [2.24, 2.45) is 0 Å². The zero-order valence-electron chi connectivity index (χ0n) is 15.3. The Bertz CT molecular complexity index is 1100. The number of nitrogens with one attached hydrogen (secondary N) is 1. The Morgan fingerprint density at radius 2 is 1.97 bits per heavy atom. The topological polar surface area (TPSA) is 65.5 Å². The molecule has 10 heteroatoms. The highest BCUT2D eigenvalue weighted by Crippen LogP contribution is 2.35. The Kier molecular flexibility index (Phi) is 5.44. The molecule has 156 valence electrons. The van der Waals surface area contributed by atoms with Crippen LogP contribution in [0.4, 0.5) is 18.3 Å². The van der Waals surface area contributed by atoms with Crippen molar-refractivity contribution in [1.29, 1.82) is 0 Å². The van der Waals surface area contributed by atoms with Crippen LogP contribution in [0.15, 0.2) is 41.8 Å². The number of carbonyl (C=O) groups is 1. The Balaban J connectivity index is 1.55. The van der Waals surface area contributed by atoms with Crippen LogP contribution in [0.5, 0.6) is 0 Å². The van der Waals surface area contributed by atoms with E-state index in [2.05, 4.69) is 4.98 Å². The van der Waals surface area contributed by atoms with Gasteiger partial charge in [-0.25, -0.2) is 10.5 Å². The number of nitrogens with zero attached hydrogens (tertiary/aromatic N) is 2. The van der Waals surface area contributed by atoms with E-state index in [9.17, 15) is 18.0 Å². The number of hydroxylamine groups is 1. The SMILES string of the molecule is O=C(NO)c1cc(Cl)c2c(c1)CCN(c1nc(-c3ccc(C(F)(F)F)cc3)cs1)C2. The van der Waals surface area contributed by atoms with E-state index in [-0.39, 0.29) is 5.56 Å². The van der Waals surface area contributed by atoms with Gasteiger partial charge in [0.1, 0.15) is 0 Å². The van der Waals surface area contributed by atoms with Gasteiger partial charge in [-0.15, -0.1) is 11.3 Å². The molecule has 2 aromatic carbocycles. The highest BCUT2D eigenvalue weighted by atomic mass is 35.5. The molecule has 1 aliphatic heterocycles. The van der Waals surface area contributed by atoms with Gasteiger partial charge in [-0.3, -0.25) is 10.0 Å². The molecule has 0 fully saturated rings. The minimum absolute atomic E-state index is 0.286. The zero-order chi connectivity index (χ0) is 21.5. The first-order valence-electron chi connectivity index (χ1n) is 8.90. The first-order chi connectivity index (χ1) is 14.3. The van der Waals surface area contributed by atoms with E-state index in [0.29, 0.717) is 35.8 Å². The Morgan fingerprint density at radius 3 is 2.63 bits per heavy atom. The first kappa shape index (κ1) is 20.6. The van der Waals surface area contributed by atoms with Gasteiger partial charge in [-0.1, -0.05) is 23.7 Å². The van der Waals surface area contributed by atoms with Crippen molar-refractivity contribution in [2.45, 2.75) is 19.1 Å². The van der Waals surface area contributed by atoms with Crippen LogP contribution in [0.3, 0.4) is 0 Å². The number of thiazole rings is 1. The van der Waals surface area contributed by atoms with Crippen molar-refractivity contribution >= 4 is 34.0 Å². The second kappa shape index (κ2) is 7.90. The molecule has 1 aromatic heterocycles. The number of carbonyl (C=O) groups excluding carboxylic acids is 1. The number of hydrogen-bond acceptors (Lipinski definition) is 5. The molecule has 3 aromatic rings. The van der Waals surface area contributed by atoms with Crippen molar-refractivity contribution in [3.05, 3.63) is 69.1 Å². The van der Waals surface area contributed by atoms with Crippen LogP contribution in [0.2, 0.25) is 5.02 Å². The molecule has 0 atom stereocenters. The fraction of sp³-hybridized carbons (Fsp3) is 0.200. The largest absolute Gasteiger partial charge is 0.416 e. The van der Waals surface area contributed by atoms with Gasteiger partial charge in [-0.05, 0) is 41.8 Å². The standard InChI is InChI=1S/C20H15ClF3N3O2S/c21-16-8-13(18(28)26-29)7-12-5-6-27(9-15(12)16)19-25-17(10-30-19)11-1-3-14(4-2-11)20(22,23)24/h1-4,7-8,10,29H,5-6,9H2,(H,26,28). The highest BCUT2D eigenvalue weighted by Gasteiger charge is 2.30. The fourth-order valence-electron chi connectivity index (χ4n) is 3.35. The van der Waals surface area contributed by atoms with E-state index in [4.69, 9.17) is 16.8 Å². The second-order valence-electron chi connectivity index (χ2n) is 6.80. The van der Waals surface area contributed by atoms with E-state index < -0.39 is 17.6 Å². The van der Waals surface area contributed by atoms with Gasteiger partial charge in [0.2, 0.25) is 0 Å². The van der Waals surface area contributed by atoms with Crippen LogP contribution in [0.1, 0.15) is 27.0 Å². The van der Waals surface area contributed by atoms with Gasteiger partial charge in [0.15, 0.2) is 5.13 Å². The summed E-state index contributed by atoms with van der Waals surface area (Å²) in [5, 5.41) is 11.8. The summed E-state index contributed by atoms with van der Waals surface area (Å²) in [6.45, 7) is 1.14. The molecule has 5 nitrogen and oxygen atoms in total. The lowest BCUT2D eigenvalue weighted by molar-refractivity contribution is -0.137. The van der Waals surface area contributed by atoms with Crippen molar-refractivity contribution in [2.75, 3.05) is 11.4 Å². The first-order valence-corrected chi connectivity index (χ1v) is 10.2. The van der Waals surface area contributed by atoms with Crippen molar-refractivity contribution < 1.29 is 23.2 Å². The average Bonchev–Trinajstić information content (AvgIpc) is 3.22. The second-order valence-corrected chi connectivity index (χ2v) is 8.04. The van der Waals surface area contributed by atoms with Crippen LogP contribution < -0.4 is 10.4 Å². The van der Waals surface area contributed by atoms with Crippen LogP contribution in [-0.2, 0) is 19.1 Å². The molecule has 4 rings (SSSR count). The van der Waals surface area contributed by atoms with Crippen molar-refractivity contribution in [3.8, 4) is 11.3 Å². The van der Waals surface area contributed by atoms with E-state index in [1.165, 1.54) is 29.5 Å². The molecule has 2 heterocycles. The van der Waals surface area contributed by atoms with Crippen LogP contribution in [-0.4, -0.2) is 22.6 Å². The predicted molar refractivity (Wildman–Crippen MR) is 108 cm³/mol. The summed E-state index contributed by atoms with van der Waals surface area (Å²) in [6.07, 6.45) is -3.74. The number of amides is 1. The number of hydrogen-bond donors (Lipinski definition) is 2. The Hall–Kier alpha value is -2.62. The van der Waals surface area contributed by atoms with Crippen LogP contribution in [0, 0.1) is 0 Å². The molecule has 0 unspecified atom stereocenters. The summed E-state index contributed by atoms with van der Waals surface area (Å²) in [4.78, 5) is 18.3. The maximum atomic E-state index is 12.7. The molecule has 1 aliphatic rings. The van der Waals surface area contributed by atoms with E-state index in [0.717, 1.165) is 28.4 Å². The molecule has 0 saturated heterocycles. The number of anilines is 1. The molecular formula is C20H15ClF3N3O2S. The molecule has 0 radical (unpaired) electrons. The minimum atomic E-state index is -4.37. The Labute approximate surface area is 178 Å². The summed E-state index contributed by atoms with van der Waals surface area (Å²) in [5.74, 6) is -0.622. The molecule has 0 spiro atoms. The highest BCUT2D eigenvalue weighted by molar-refractivity contribution is 7.14. The molecule has 30 heavy (non-hydrogen) atoms.